The van der Waals surface area contributed by atoms with Crippen molar-refractivity contribution in [1.82, 2.24) is 10.3 Å². The van der Waals surface area contributed by atoms with E-state index in [2.05, 4.69) is 22.5 Å². The van der Waals surface area contributed by atoms with Crippen LogP contribution >= 0.6 is 0 Å². The molecule has 1 saturated carbocycles. The molecule has 4 nitrogen and oxygen atoms in total. The third-order valence-corrected chi connectivity index (χ3v) is 4.12. The summed E-state index contributed by atoms with van der Waals surface area (Å²) in [5.74, 6) is 0.604. The van der Waals surface area contributed by atoms with Gasteiger partial charge in [-0.3, -0.25) is 9.78 Å². The molecule has 0 aromatic carbocycles. The van der Waals surface area contributed by atoms with Crippen LogP contribution < -0.4 is 10.6 Å². The molecule has 0 bridgehead atoms. The van der Waals surface area contributed by atoms with Crippen LogP contribution in [0.4, 0.5) is 5.69 Å². The van der Waals surface area contributed by atoms with E-state index in [1.165, 1.54) is 25.7 Å². The maximum atomic E-state index is 12.4. The van der Waals surface area contributed by atoms with E-state index in [0.29, 0.717) is 11.5 Å². The summed E-state index contributed by atoms with van der Waals surface area (Å²) < 4.78 is 0. The highest BCUT2D eigenvalue weighted by Crippen LogP contribution is 2.27. The Morgan fingerprint density at radius 2 is 2.15 bits per heavy atom. The van der Waals surface area contributed by atoms with Crippen LogP contribution in [-0.4, -0.2) is 23.5 Å². The van der Waals surface area contributed by atoms with E-state index in [1.54, 1.807) is 6.20 Å². The Hall–Kier alpha value is -1.58. The molecule has 1 unspecified atom stereocenters. The summed E-state index contributed by atoms with van der Waals surface area (Å²) in [5, 5.41) is 6.38. The lowest BCUT2D eigenvalue weighted by atomic mass is 9.99. The normalized spacial score (nSPS) is 16.9. The molecular formula is C16H25N3O. The molecule has 4 heteroatoms. The number of rotatable bonds is 5. The van der Waals surface area contributed by atoms with Crippen molar-refractivity contribution in [1.29, 1.82) is 0 Å². The first-order valence-corrected chi connectivity index (χ1v) is 7.63. The number of nitrogens with zero attached hydrogens (tertiary/aromatic N) is 1. The highest BCUT2D eigenvalue weighted by Gasteiger charge is 2.24. The molecule has 1 heterocycles. The highest BCUT2D eigenvalue weighted by molar-refractivity contribution is 5.99. The minimum atomic E-state index is -0.0205. The molecule has 1 atom stereocenters. The Labute approximate surface area is 121 Å². The van der Waals surface area contributed by atoms with Crippen molar-refractivity contribution in [2.75, 3.05) is 11.9 Å². The van der Waals surface area contributed by atoms with Gasteiger partial charge < -0.3 is 10.6 Å². The van der Waals surface area contributed by atoms with E-state index >= 15 is 0 Å². The van der Waals surface area contributed by atoms with Crippen molar-refractivity contribution in [2.45, 2.75) is 52.5 Å². The van der Waals surface area contributed by atoms with Gasteiger partial charge in [0.05, 0.1) is 11.3 Å². The van der Waals surface area contributed by atoms with Gasteiger partial charge in [0.15, 0.2) is 0 Å². The number of aryl methyl sites for hydroxylation is 1. The van der Waals surface area contributed by atoms with Crippen molar-refractivity contribution >= 4 is 11.6 Å². The maximum Gasteiger partial charge on any atom is 0.255 e. The van der Waals surface area contributed by atoms with Gasteiger partial charge in [0.25, 0.3) is 5.91 Å². The maximum absolute atomic E-state index is 12.4. The zero-order chi connectivity index (χ0) is 14.5. The quantitative estimate of drug-likeness (QED) is 0.868. The SMILES string of the molecule is CCNc1cc(C)ncc1C(=O)NC(C)C1CCCC1. The number of anilines is 1. The van der Waals surface area contributed by atoms with Gasteiger partial charge in [-0.05, 0) is 45.6 Å². The average Bonchev–Trinajstić information content (AvgIpc) is 2.93. The lowest BCUT2D eigenvalue weighted by molar-refractivity contribution is 0.0927. The Kier molecular flexibility index (Phi) is 4.99. The van der Waals surface area contributed by atoms with Gasteiger partial charge in [0.2, 0.25) is 0 Å². The number of amides is 1. The summed E-state index contributed by atoms with van der Waals surface area (Å²) in [5.41, 5.74) is 2.43. The van der Waals surface area contributed by atoms with E-state index < -0.39 is 0 Å². The van der Waals surface area contributed by atoms with Gasteiger partial charge in [-0.1, -0.05) is 12.8 Å². The van der Waals surface area contributed by atoms with Crippen molar-refractivity contribution in [3.05, 3.63) is 23.5 Å². The molecule has 110 valence electrons. The fraction of sp³-hybridized carbons (Fsp3) is 0.625. The largest absolute Gasteiger partial charge is 0.385 e. The molecule has 1 aliphatic carbocycles. The Bertz CT molecular complexity index is 467. The zero-order valence-corrected chi connectivity index (χ0v) is 12.7. The summed E-state index contributed by atoms with van der Waals surface area (Å²) in [4.78, 5) is 16.7. The molecule has 1 aromatic heterocycles. The highest BCUT2D eigenvalue weighted by atomic mass is 16.1. The summed E-state index contributed by atoms with van der Waals surface area (Å²) in [6, 6.07) is 2.17. The first kappa shape index (κ1) is 14.8. The number of aromatic nitrogens is 1. The van der Waals surface area contributed by atoms with Gasteiger partial charge in [0.1, 0.15) is 0 Å². The number of nitrogens with one attached hydrogen (secondary N) is 2. The van der Waals surface area contributed by atoms with Crippen molar-refractivity contribution in [3.8, 4) is 0 Å². The van der Waals surface area contributed by atoms with Crippen LogP contribution in [0, 0.1) is 12.8 Å². The fourth-order valence-corrected chi connectivity index (χ4v) is 2.94. The van der Waals surface area contributed by atoms with Crippen LogP contribution in [0.1, 0.15) is 55.6 Å². The summed E-state index contributed by atoms with van der Waals surface area (Å²) in [7, 11) is 0. The van der Waals surface area contributed by atoms with Gasteiger partial charge in [-0.25, -0.2) is 0 Å². The second kappa shape index (κ2) is 6.73. The van der Waals surface area contributed by atoms with E-state index in [1.807, 2.05) is 19.9 Å². The minimum Gasteiger partial charge on any atom is -0.385 e. The molecule has 0 spiro atoms. The lowest BCUT2D eigenvalue weighted by Gasteiger charge is -2.21. The van der Waals surface area contributed by atoms with E-state index in [4.69, 9.17) is 0 Å². The summed E-state index contributed by atoms with van der Waals surface area (Å²) in [6.45, 7) is 6.87. The molecule has 1 amide bonds. The zero-order valence-electron chi connectivity index (χ0n) is 12.7. The van der Waals surface area contributed by atoms with Crippen LogP contribution in [0.2, 0.25) is 0 Å². The van der Waals surface area contributed by atoms with E-state index in [-0.39, 0.29) is 11.9 Å². The summed E-state index contributed by atoms with van der Waals surface area (Å²) >= 11 is 0. The van der Waals surface area contributed by atoms with Gasteiger partial charge in [-0.15, -0.1) is 0 Å². The van der Waals surface area contributed by atoms with Crippen molar-refractivity contribution in [2.24, 2.45) is 5.92 Å². The molecule has 1 aromatic rings. The second-order valence-corrected chi connectivity index (χ2v) is 5.71. The fourth-order valence-electron chi connectivity index (χ4n) is 2.94. The van der Waals surface area contributed by atoms with Crippen LogP contribution in [0.15, 0.2) is 12.3 Å². The second-order valence-electron chi connectivity index (χ2n) is 5.71. The first-order valence-electron chi connectivity index (χ1n) is 7.63. The van der Waals surface area contributed by atoms with E-state index in [9.17, 15) is 4.79 Å². The minimum absolute atomic E-state index is 0.0205. The predicted molar refractivity (Wildman–Crippen MR) is 82.0 cm³/mol. The number of carbonyl (C=O) groups is 1. The molecule has 0 saturated heterocycles. The third kappa shape index (κ3) is 3.50. The number of hydrogen-bond donors (Lipinski definition) is 2. The standard InChI is InChI=1S/C16H25N3O/c1-4-17-15-9-11(2)18-10-14(15)16(20)19-12(3)13-7-5-6-8-13/h9-10,12-13H,4-8H2,1-3H3,(H,17,18)(H,19,20). The Balaban J connectivity index is 2.07. The van der Waals surface area contributed by atoms with Gasteiger partial charge >= 0.3 is 0 Å². The number of pyridine rings is 1. The Morgan fingerprint density at radius 1 is 1.45 bits per heavy atom. The first-order chi connectivity index (χ1) is 9.61. The molecule has 0 aliphatic heterocycles. The molecule has 2 rings (SSSR count). The molecule has 0 radical (unpaired) electrons. The monoisotopic (exact) mass is 275 g/mol. The number of hydrogen-bond acceptors (Lipinski definition) is 3. The Morgan fingerprint density at radius 3 is 2.80 bits per heavy atom. The lowest BCUT2D eigenvalue weighted by Crippen LogP contribution is -2.37. The third-order valence-electron chi connectivity index (χ3n) is 4.12. The van der Waals surface area contributed by atoms with Crippen molar-refractivity contribution < 1.29 is 4.79 Å². The van der Waals surface area contributed by atoms with Gasteiger partial charge in [-0.2, -0.15) is 0 Å². The average molecular weight is 275 g/mol. The molecule has 20 heavy (non-hydrogen) atoms. The molecule has 1 aliphatic rings. The van der Waals surface area contributed by atoms with Crippen LogP contribution in [0.25, 0.3) is 0 Å². The smallest absolute Gasteiger partial charge is 0.255 e. The van der Waals surface area contributed by atoms with Gasteiger partial charge in [0, 0.05) is 24.5 Å². The summed E-state index contributed by atoms with van der Waals surface area (Å²) in [6.07, 6.45) is 6.71. The van der Waals surface area contributed by atoms with Crippen LogP contribution in [0.3, 0.4) is 0 Å². The number of carbonyl (C=O) groups excluding carboxylic acids is 1. The van der Waals surface area contributed by atoms with Crippen molar-refractivity contribution in [3.63, 3.8) is 0 Å². The molecule has 1 fully saturated rings. The van der Waals surface area contributed by atoms with E-state index in [0.717, 1.165) is 17.9 Å². The van der Waals surface area contributed by atoms with Crippen LogP contribution in [-0.2, 0) is 0 Å². The van der Waals surface area contributed by atoms with Crippen LogP contribution in [0.5, 0.6) is 0 Å². The predicted octanol–water partition coefficient (Wildman–Crippen LogP) is 3.13. The molecule has 2 N–H and O–H groups in total. The molecular weight excluding hydrogens is 250 g/mol. The topological polar surface area (TPSA) is 54.0 Å².